The quantitative estimate of drug-likeness (QED) is 0.843. The molecule has 1 aromatic heterocycles. The van der Waals surface area contributed by atoms with E-state index >= 15 is 0 Å². The molecule has 0 aliphatic carbocycles. The second-order valence-corrected chi connectivity index (χ2v) is 5.77. The van der Waals surface area contributed by atoms with Crippen LogP contribution in [0.1, 0.15) is 31.9 Å². The van der Waals surface area contributed by atoms with Crippen LogP contribution in [0.2, 0.25) is 0 Å². The van der Waals surface area contributed by atoms with Gasteiger partial charge in [0.25, 0.3) is 0 Å². The van der Waals surface area contributed by atoms with Crippen molar-refractivity contribution >= 4 is 0 Å². The number of pyridine rings is 1. The number of rotatable bonds is 4. The monoisotopic (exact) mass is 271 g/mol. The molecule has 0 radical (unpaired) electrons. The second-order valence-electron chi connectivity index (χ2n) is 5.77. The molecule has 2 rings (SSSR count). The Morgan fingerprint density at radius 3 is 2.60 bits per heavy atom. The third-order valence-electron chi connectivity index (χ3n) is 3.12. The van der Waals surface area contributed by atoms with Crippen LogP contribution in [0.15, 0.2) is 42.6 Å². The molecule has 0 bridgehead atoms. The number of nitrogens with zero attached hydrogens (tertiary/aromatic N) is 1. The average molecular weight is 271 g/mol. The first-order valence-corrected chi connectivity index (χ1v) is 6.71. The maximum atomic E-state index is 5.76. The Hall–Kier alpha value is -2.03. The van der Waals surface area contributed by atoms with Crippen molar-refractivity contribution in [3.63, 3.8) is 0 Å². The highest BCUT2D eigenvalue weighted by molar-refractivity contribution is 5.29. The van der Waals surface area contributed by atoms with Gasteiger partial charge in [-0.05, 0) is 34.7 Å². The Bertz CT molecular complexity index is 573. The van der Waals surface area contributed by atoms with Crippen LogP contribution in [0.25, 0.3) is 0 Å². The van der Waals surface area contributed by atoms with Gasteiger partial charge in [-0.15, -0.1) is 0 Å². The highest BCUT2D eigenvalue weighted by Gasteiger charge is 2.14. The van der Waals surface area contributed by atoms with E-state index in [1.807, 2.05) is 36.4 Å². The van der Waals surface area contributed by atoms with Gasteiger partial charge in [0.2, 0.25) is 5.88 Å². The van der Waals surface area contributed by atoms with Gasteiger partial charge in [-0.2, -0.15) is 0 Å². The average Bonchev–Trinajstić information content (AvgIpc) is 2.45. The minimum absolute atomic E-state index is 0.0943. The predicted molar refractivity (Wildman–Crippen MR) is 80.3 cm³/mol. The van der Waals surface area contributed by atoms with E-state index in [1.54, 1.807) is 13.3 Å². The van der Waals surface area contributed by atoms with Crippen LogP contribution in [-0.2, 0) is 12.0 Å². The molecule has 0 atom stereocenters. The topological polar surface area (TPSA) is 31.4 Å². The van der Waals surface area contributed by atoms with Crippen molar-refractivity contribution in [3.8, 4) is 11.6 Å². The summed E-state index contributed by atoms with van der Waals surface area (Å²) in [5.74, 6) is 1.49. The Kier molecular flexibility index (Phi) is 4.28. The highest BCUT2D eigenvalue weighted by atomic mass is 16.5. The lowest BCUT2D eigenvalue weighted by molar-refractivity contribution is 0.292. The smallest absolute Gasteiger partial charge is 0.213 e. The molecule has 0 fully saturated rings. The van der Waals surface area contributed by atoms with E-state index in [2.05, 4.69) is 25.8 Å². The Labute approximate surface area is 120 Å². The molecule has 0 saturated heterocycles. The Morgan fingerprint density at radius 2 is 1.90 bits per heavy atom. The standard InChI is InChI=1S/C17H21NO2/c1-17(2,3)14-8-9-18-16(11-14)20-12-13-6-5-7-15(10-13)19-4/h5-11H,12H2,1-4H3. The lowest BCUT2D eigenvalue weighted by Crippen LogP contribution is -2.11. The normalized spacial score (nSPS) is 11.2. The maximum Gasteiger partial charge on any atom is 0.213 e. The molecule has 0 aliphatic heterocycles. The summed E-state index contributed by atoms with van der Waals surface area (Å²) >= 11 is 0. The van der Waals surface area contributed by atoms with Crippen LogP contribution in [0.3, 0.4) is 0 Å². The maximum absolute atomic E-state index is 5.76. The number of hydrogen-bond acceptors (Lipinski definition) is 3. The van der Waals surface area contributed by atoms with Crippen molar-refractivity contribution < 1.29 is 9.47 Å². The van der Waals surface area contributed by atoms with Crippen LogP contribution < -0.4 is 9.47 Å². The fraction of sp³-hybridized carbons (Fsp3) is 0.353. The molecule has 3 nitrogen and oxygen atoms in total. The third kappa shape index (κ3) is 3.73. The van der Waals surface area contributed by atoms with Crippen LogP contribution in [0.5, 0.6) is 11.6 Å². The summed E-state index contributed by atoms with van der Waals surface area (Å²) in [6.45, 7) is 7.01. The van der Waals surface area contributed by atoms with E-state index < -0.39 is 0 Å². The van der Waals surface area contributed by atoms with Crippen molar-refractivity contribution in [1.82, 2.24) is 4.98 Å². The molecule has 0 spiro atoms. The summed E-state index contributed by atoms with van der Waals surface area (Å²) in [4.78, 5) is 4.26. The van der Waals surface area contributed by atoms with E-state index in [-0.39, 0.29) is 5.41 Å². The van der Waals surface area contributed by atoms with E-state index in [1.165, 1.54) is 5.56 Å². The predicted octanol–water partition coefficient (Wildman–Crippen LogP) is 3.97. The molecule has 20 heavy (non-hydrogen) atoms. The highest BCUT2D eigenvalue weighted by Crippen LogP contribution is 2.24. The zero-order chi connectivity index (χ0) is 14.6. The van der Waals surface area contributed by atoms with Gasteiger partial charge in [-0.25, -0.2) is 4.98 Å². The minimum Gasteiger partial charge on any atom is -0.497 e. The van der Waals surface area contributed by atoms with Gasteiger partial charge in [0.15, 0.2) is 0 Å². The molecular formula is C17H21NO2. The minimum atomic E-state index is 0.0943. The summed E-state index contributed by atoms with van der Waals surface area (Å²) in [5.41, 5.74) is 2.37. The fourth-order valence-electron chi connectivity index (χ4n) is 1.87. The van der Waals surface area contributed by atoms with E-state index in [4.69, 9.17) is 9.47 Å². The van der Waals surface area contributed by atoms with Gasteiger partial charge in [-0.1, -0.05) is 32.9 Å². The first kappa shape index (κ1) is 14.4. The number of methoxy groups -OCH3 is 1. The molecule has 3 heteroatoms. The first-order chi connectivity index (χ1) is 9.49. The summed E-state index contributed by atoms with van der Waals surface area (Å²) in [6.07, 6.45) is 1.79. The van der Waals surface area contributed by atoms with Crippen LogP contribution in [0, 0.1) is 0 Å². The van der Waals surface area contributed by atoms with E-state index in [0.717, 1.165) is 11.3 Å². The zero-order valence-corrected chi connectivity index (χ0v) is 12.5. The lowest BCUT2D eigenvalue weighted by atomic mass is 9.88. The molecule has 0 saturated carbocycles. The summed E-state index contributed by atoms with van der Waals surface area (Å²) in [6, 6.07) is 11.9. The number of hydrogen-bond donors (Lipinski definition) is 0. The van der Waals surface area contributed by atoms with Crippen molar-refractivity contribution in [3.05, 3.63) is 53.7 Å². The number of benzene rings is 1. The van der Waals surface area contributed by atoms with Gasteiger partial charge in [0, 0.05) is 12.3 Å². The van der Waals surface area contributed by atoms with Crippen LogP contribution >= 0.6 is 0 Å². The van der Waals surface area contributed by atoms with Crippen molar-refractivity contribution in [2.45, 2.75) is 32.8 Å². The molecule has 0 amide bonds. The number of aromatic nitrogens is 1. The Balaban J connectivity index is 2.07. The molecular weight excluding hydrogens is 250 g/mol. The molecule has 0 unspecified atom stereocenters. The molecule has 106 valence electrons. The summed E-state index contributed by atoms with van der Waals surface area (Å²) in [7, 11) is 1.66. The third-order valence-corrected chi connectivity index (χ3v) is 3.12. The van der Waals surface area contributed by atoms with Gasteiger partial charge in [-0.3, -0.25) is 0 Å². The van der Waals surface area contributed by atoms with Gasteiger partial charge in [0.1, 0.15) is 12.4 Å². The van der Waals surface area contributed by atoms with Gasteiger partial charge >= 0.3 is 0 Å². The van der Waals surface area contributed by atoms with E-state index in [9.17, 15) is 0 Å². The fourth-order valence-corrected chi connectivity index (χ4v) is 1.87. The van der Waals surface area contributed by atoms with E-state index in [0.29, 0.717) is 12.5 Å². The zero-order valence-electron chi connectivity index (χ0n) is 12.5. The molecule has 2 aromatic rings. The SMILES string of the molecule is COc1cccc(COc2cc(C(C)(C)C)ccn2)c1. The lowest BCUT2D eigenvalue weighted by Gasteiger charge is -2.19. The van der Waals surface area contributed by atoms with Crippen molar-refractivity contribution in [2.24, 2.45) is 0 Å². The Morgan fingerprint density at radius 1 is 1.10 bits per heavy atom. The molecule has 0 N–H and O–H groups in total. The van der Waals surface area contributed by atoms with Crippen LogP contribution in [-0.4, -0.2) is 12.1 Å². The van der Waals surface area contributed by atoms with Crippen molar-refractivity contribution in [1.29, 1.82) is 0 Å². The molecule has 1 aromatic carbocycles. The number of ether oxygens (including phenoxy) is 2. The molecule has 0 aliphatic rings. The largest absolute Gasteiger partial charge is 0.497 e. The second kappa shape index (κ2) is 5.95. The summed E-state index contributed by atoms with van der Waals surface area (Å²) < 4.78 is 11.0. The first-order valence-electron chi connectivity index (χ1n) is 6.71. The van der Waals surface area contributed by atoms with Gasteiger partial charge < -0.3 is 9.47 Å². The van der Waals surface area contributed by atoms with Crippen molar-refractivity contribution in [2.75, 3.05) is 7.11 Å². The van der Waals surface area contributed by atoms with Gasteiger partial charge in [0.05, 0.1) is 7.11 Å². The summed E-state index contributed by atoms with van der Waals surface area (Å²) in [5, 5.41) is 0. The molecule has 1 heterocycles. The van der Waals surface area contributed by atoms with Crippen LogP contribution in [0.4, 0.5) is 0 Å².